The van der Waals surface area contributed by atoms with Crippen LogP contribution in [0.5, 0.6) is 0 Å². The highest BCUT2D eigenvalue weighted by Crippen LogP contribution is 2.22. The Bertz CT molecular complexity index is 476. The maximum atomic E-state index is 13.9. The van der Waals surface area contributed by atoms with Gasteiger partial charge in [0.15, 0.2) is 0 Å². The first kappa shape index (κ1) is 10.2. The molecule has 2 N–H and O–H groups in total. The number of aliphatic hydroxyl groups excluding tert-OH is 1. The molecule has 0 spiro atoms. The van der Waals surface area contributed by atoms with Crippen LogP contribution in [-0.2, 0) is 6.42 Å². The Kier molecular flexibility index (Phi) is 2.73. The average Bonchev–Trinajstić information content (AvgIpc) is 2.59. The quantitative estimate of drug-likeness (QED) is 0.797. The third-order valence-corrected chi connectivity index (χ3v) is 2.56. The second-order valence-corrected chi connectivity index (χ2v) is 3.78. The van der Waals surface area contributed by atoms with E-state index in [-0.39, 0.29) is 12.4 Å². The van der Waals surface area contributed by atoms with Gasteiger partial charge in [0.25, 0.3) is 0 Å². The van der Waals surface area contributed by atoms with E-state index in [1.807, 2.05) is 19.1 Å². The van der Waals surface area contributed by atoms with Crippen molar-refractivity contribution in [3.05, 3.63) is 35.3 Å². The molecule has 1 aromatic heterocycles. The maximum Gasteiger partial charge on any atom is 0.135 e. The minimum Gasteiger partial charge on any atom is -0.396 e. The summed E-state index contributed by atoms with van der Waals surface area (Å²) >= 11 is 0. The van der Waals surface area contributed by atoms with Gasteiger partial charge in [-0.25, -0.2) is 4.39 Å². The van der Waals surface area contributed by atoms with Gasteiger partial charge in [0, 0.05) is 23.2 Å². The molecule has 0 amide bonds. The Morgan fingerprint density at radius 2 is 2.20 bits per heavy atom. The molecule has 0 aliphatic rings. The summed E-state index contributed by atoms with van der Waals surface area (Å²) in [6.45, 7) is 2.01. The lowest BCUT2D eigenvalue weighted by Crippen LogP contribution is -1.93. The van der Waals surface area contributed by atoms with Crippen molar-refractivity contribution < 1.29 is 9.50 Å². The van der Waals surface area contributed by atoms with Gasteiger partial charge in [-0.15, -0.1) is 0 Å². The zero-order valence-electron chi connectivity index (χ0n) is 8.68. The summed E-state index contributed by atoms with van der Waals surface area (Å²) < 4.78 is 13.9. The highest BCUT2D eigenvalue weighted by molar-refractivity contribution is 5.81. The lowest BCUT2D eigenvalue weighted by Gasteiger charge is -2.02. The van der Waals surface area contributed by atoms with Crippen LogP contribution >= 0.6 is 0 Å². The number of aryl methyl sites for hydroxylation is 2. The van der Waals surface area contributed by atoms with Gasteiger partial charge < -0.3 is 10.1 Å². The van der Waals surface area contributed by atoms with Gasteiger partial charge in [0.1, 0.15) is 5.82 Å². The number of benzene rings is 1. The molecule has 3 heteroatoms. The molecule has 2 aromatic rings. The summed E-state index contributed by atoms with van der Waals surface area (Å²) in [6.07, 6.45) is 1.19. The molecule has 0 saturated heterocycles. The summed E-state index contributed by atoms with van der Waals surface area (Å²) in [7, 11) is 0. The first-order chi connectivity index (χ1) is 7.22. The van der Waals surface area contributed by atoms with Crippen LogP contribution in [0.15, 0.2) is 18.2 Å². The molecule has 0 unspecified atom stereocenters. The molecule has 0 fully saturated rings. The molecule has 15 heavy (non-hydrogen) atoms. The summed E-state index contributed by atoms with van der Waals surface area (Å²) in [5.74, 6) is -0.162. The van der Waals surface area contributed by atoms with Crippen LogP contribution in [0.4, 0.5) is 4.39 Å². The molecule has 0 aliphatic heterocycles. The zero-order chi connectivity index (χ0) is 10.8. The number of halogens is 1. The molecule has 80 valence electrons. The number of fused-ring (bicyclic) bond motifs is 1. The van der Waals surface area contributed by atoms with E-state index in [4.69, 9.17) is 5.11 Å². The van der Waals surface area contributed by atoms with E-state index in [0.29, 0.717) is 23.8 Å². The van der Waals surface area contributed by atoms with Crippen LogP contribution in [-0.4, -0.2) is 16.7 Å². The fraction of sp³-hybridized carbons (Fsp3) is 0.333. The topological polar surface area (TPSA) is 36.0 Å². The van der Waals surface area contributed by atoms with Gasteiger partial charge >= 0.3 is 0 Å². The molecule has 0 saturated carbocycles. The molecule has 0 bridgehead atoms. The number of aromatic amines is 1. The molecule has 0 aliphatic carbocycles. The molecule has 1 heterocycles. The van der Waals surface area contributed by atoms with Crippen molar-refractivity contribution in [2.75, 3.05) is 6.61 Å². The van der Waals surface area contributed by atoms with E-state index in [9.17, 15) is 4.39 Å². The smallest absolute Gasteiger partial charge is 0.135 e. The van der Waals surface area contributed by atoms with Gasteiger partial charge in [-0.05, 0) is 37.5 Å². The van der Waals surface area contributed by atoms with Crippen molar-refractivity contribution in [1.29, 1.82) is 0 Å². The highest BCUT2D eigenvalue weighted by Gasteiger charge is 2.08. The summed E-state index contributed by atoms with van der Waals surface area (Å²) in [5, 5.41) is 9.35. The fourth-order valence-electron chi connectivity index (χ4n) is 1.82. The van der Waals surface area contributed by atoms with E-state index < -0.39 is 0 Å². The van der Waals surface area contributed by atoms with E-state index in [2.05, 4.69) is 4.98 Å². The number of aliphatic hydroxyl groups is 1. The van der Waals surface area contributed by atoms with Crippen LogP contribution in [0.3, 0.4) is 0 Å². The SMILES string of the molecule is Cc1cc2c(F)c(CCCO)ccc2[nH]1. The second-order valence-electron chi connectivity index (χ2n) is 3.78. The van der Waals surface area contributed by atoms with Crippen molar-refractivity contribution in [2.24, 2.45) is 0 Å². The van der Waals surface area contributed by atoms with E-state index >= 15 is 0 Å². The molecule has 0 atom stereocenters. The standard InChI is InChI=1S/C12H14FNO/c1-8-7-10-11(14-8)5-4-9(12(10)13)3-2-6-15/h4-5,7,14-15H,2-3,6H2,1H3. The van der Waals surface area contributed by atoms with Crippen molar-refractivity contribution in [1.82, 2.24) is 4.98 Å². The van der Waals surface area contributed by atoms with Crippen molar-refractivity contribution in [2.45, 2.75) is 19.8 Å². The Balaban J connectivity index is 2.45. The third-order valence-electron chi connectivity index (χ3n) is 2.56. The van der Waals surface area contributed by atoms with Crippen LogP contribution in [0.1, 0.15) is 17.7 Å². The molecular formula is C12H14FNO. The van der Waals surface area contributed by atoms with Crippen LogP contribution < -0.4 is 0 Å². The lowest BCUT2D eigenvalue weighted by atomic mass is 10.1. The van der Waals surface area contributed by atoms with Crippen molar-refractivity contribution in [3.63, 3.8) is 0 Å². The predicted octanol–water partition coefficient (Wildman–Crippen LogP) is 2.54. The molecular weight excluding hydrogens is 193 g/mol. The minimum atomic E-state index is -0.162. The number of aromatic nitrogens is 1. The second kappa shape index (κ2) is 4.03. The monoisotopic (exact) mass is 207 g/mol. The zero-order valence-corrected chi connectivity index (χ0v) is 8.68. The lowest BCUT2D eigenvalue weighted by molar-refractivity contribution is 0.288. The number of hydrogen-bond acceptors (Lipinski definition) is 1. The Labute approximate surface area is 87.7 Å². The van der Waals surface area contributed by atoms with E-state index in [1.54, 1.807) is 6.07 Å². The molecule has 0 radical (unpaired) electrons. The summed E-state index contributed by atoms with van der Waals surface area (Å²) in [4.78, 5) is 3.09. The summed E-state index contributed by atoms with van der Waals surface area (Å²) in [5.41, 5.74) is 2.47. The van der Waals surface area contributed by atoms with Gasteiger partial charge in [0.05, 0.1) is 0 Å². The number of rotatable bonds is 3. The molecule has 2 nitrogen and oxygen atoms in total. The van der Waals surface area contributed by atoms with Gasteiger partial charge in [-0.2, -0.15) is 0 Å². The number of hydrogen-bond donors (Lipinski definition) is 2. The first-order valence-corrected chi connectivity index (χ1v) is 5.10. The van der Waals surface area contributed by atoms with Gasteiger partial charge in [-0.1, -0.05) is 6.07 Å². The highest BCUT2D eigenvalue weighted by atomic mass is 19.1. The van der Waals surface area contributed by atoms with Crippen LogP contribution in [0, 0.1) is 12.7 Å². The van der Waals surface area contributed by atoms with Crippen molar-refractivity contribution in [3.8, 4) is 0 Å². The largest absolute Gasteiger partial charge is 0.396 e. The first-order valence-electron chi connectivity index (χ1n) is 5.10. The van der Waals surface area contributed by atoms with Gasteiger partial charge in [0.2, 0.25) is 0 Å². The number of nitrogens with one attached hydrogen (secondary N) is 1. The van der Waals surface area contributed by atoms with E-state index in [0.717, 1.165) is 11.2 Å². The van der Waals surface area contributed by atoms with Crippen LogP contribution in [0.2, 0.25) is 0 Å². The Morgan fingerprint density at radius 3 is 2.93 bits per heavy atom. The average molecular weight is 207 g/mol. The number of H-pyrrole nitrogens is 1. The molecule has 1 aromatic carbocycles. The Hall–Kier alpha value is -1.35. The Morgan fingerprint density at radius 1 is 1.40 bits per heavy atom. The maximum absolute atomic E-state index is 13.9. The van der Waals surface area contributed by atoms with Gasteiger partial charge in [-0.3, -0.25) is 0 Å². The fourth-order valence-corrected chi connectivity index (χ4v) is 1.82. The van der Waals surface area contributed by atoms with Crippen molar-refractivity contribution >= 4 is 10.9 Å². The normalized spacial score (nSPS) is 11.1. The third kappa shape index (κ3) is 1.88. The van der Waals surface area contributed by atoms with Crippen LogP contribution in [0.25, 0.3) is 10.9 Å². The molecule has 2 rings (SSSR count). The summed E-state index contributed by atoms with van der Waals surface area (Å²) in [6, 6.07) is 5.48. The minimum absolute atomic E-state index is 0.101. The predicted molar refractivity (Wildman–Crippen MR) is 58.4 cm³/mol. The van der Waals surface area contributed by atoms with E-state index in [1.165, 1.54) is 0 Å².